The first-order valence-corrected chi connectivity index (χ1v) is 10.5. The average molecular weight is 420 g/mol. The SMILES string of the molecule is CCCN(CCc1nc(-c2ccccc2)oc1C)Cc1ccc(/C=C/C(=O)NO)cc1. The first-order valence-electron chi connectivity index (χ1n) is 10.5. The van der Waals surface area contributed by atoms with Crippen molar-refractivity contribution in [1.82, 2.24) is 15.4 Å². The van der Waals surface area contributed by atoms with Crippen LogP contribution in [-0.2, 0) is 17.8 Å². The van der Waals surface area contributed by atoms with Gasteiger partial charge in [0, 0.05) is 31.1 Å². The van der Waals surface area contributed by atoms with Crippen LogP contribution < -0.4 is 5.48 Å². The van der Waals surface area contributed by atoms with Gasteiger partial charge >= 0.3 is 0 Å². The molecule has 1 aromatic heterocycles. The number of nitrogens with one attached hydrogen (secondary N) is 1. The van der Waals surface area contributed by atoms with Gasteiger partial charge in [-0.2, -0.15) is 0 Å². The van der Waals surface area contributed by atoms with E-state index < -0.39 is 5.91 Å². The second-order valence-corrected chi connectivity index (χ2v) is 7.47. The second kappa shape index (κ2) is 11.2. The molecule has 6 heteroatoms. The van der Waals surface area contributed by atoms with E-state index in [1.165, 1.54) is 11.6 Å². The van der Waals surface area contributed by atoms with Gasteiger partial charge in [0.25, 0.3) is 5.91 Å². The normalized spacial score (nSPS) is 11.4. The van der Waals surface area contributed by atoms with Gasteiger partial charge in [-0.3, -0.25) is 14.9 Å². The van der Waals surface area contributed by atoms with Crippen LogP contribution in [0.3, 0.4) is 0 Å². The van der Waals surface area contributed by atoms with Gasteiger partial charge in [0.05, 0.1) is 5.69 Å². The lowest BCUT2D eigenvalue weighted by Gasteiger charge is -2.21. The molecule has 3 rings (SSSR count). The van der Waals surface area contributed by atoms with Crippen molar-refractivity contribution in [2.45, 2.75) is 33.2 Å². The molecule has 6 nitrogen and oxygen atoms in total. The van der Waals surface area contributed by atoms with E-state index in [-0.39, 0.29) is 0 Å². The summed E-state index contributed by atoms with van der Waals surface area (Å²) in [7, 11) is 0. The minimum atomic E-state index is -0.545. The average Bonchev–Trinajstić information content (AvgIpc) is 3.18. The van der Waals surface area contributed by atoms with Gasteiger partial charge in [-0.15, -0.1) is 0 Å². The Morgan fingerprint density at radius 2 is 1.87 bits per heavy atom. The standard InChI is InChI=1S/C25H29N3O3/c1-3-16-28(18-21-11-9-20(10-12-21)13-14-24(29)27-30)17-15-23-19(2)31-25(26-23)22-7-5-4-6-8-22/h4-14,30H,3,15-18H2,1-2H3,(H,27,29)/b14-13+. The molecule has 0 fully saturated rings. The van der Waals surface area contributed by atoms with Gasteiger partial charge in [-0.05, 0) is 49.2 Å². The topological polar surface area (TPSA) is 78.6 Å². The van der Waals surface area contributed by atoms with Crippen molar-refractivity contribution in [1.29, 1.82) is 0 Å². The molecule has 0 radical (unpaired) electrons. The lowest BCUT2D eigenvalue weighted by atomic mass is 10.1. The quantitative estimate of drug-likeness (QED) is 0.285. The van der Waals surface area contributed by atoms with Crippen LogP contribution >= 0.6 is 0 Å². The Labute approximate surface area is 183 Å². The number of hydrogen-bond donors (Lipinski definition) is 2. The van der Waals surface area contributed by atoms with Crippen LogP contribution in [0.1, 0.15) is 35.9 Å². The summed E-state index contributed by atoms with van der Waals surface area (Å²) in [6, 6.07) is 18.0. The summed E-state index contributed by atoms with van der Waals surface area (Å²) in [5, 5.41) is 8.55. The maximum absolute atomic E-state index is 11.1. The highest BCUT2D eigenvalue weighted by Gasteiger charge is 2.13. The van der Waals surface area contributed by atoms with Gasteiger partial charge in [0.1, 0.15) is 5.76 Å². The molecule has 0 saturated heterocycles. The molecule has 0 saturated carbocycles. The fourth-order valence-corrected chi connectivity index (χ4v) is 3.42. The van der Waals surface area contributed by atoms with Crippen molar-refractivity contribution < 1.29 is 14.4 Å². The molecule has 0 unspecified atom stereocenters. The number of hydroxylamine groups is 1. The zero-order valence-corrected chi connectivity index (χ0v) is 18.0. The Hall–Kier alpha value is -3.22. The van der Waals surface area contributed by atoms with E-state index in [0.29, 0.717) is 5.89 Å². The third-order valence-corrected chi connectivity index (χ3v) is 5.04. The predicted molar refractivity (Wildman–Crippen MR) is 121 cm³/mol. The van der Waals surface area contributed by atoms with Crippen molar-refractivity contribution in [3.05, 3.63) is 83.3 Å². The highest BCUT2D eigenvalue weighted by molar-refractivity contribution is 5.90. The van der Waals surface area contributed by atoms with Gasteiger partial charge < -0.3 is 4.42 Å². The predicted octanol–water partition coefficient (Wildman–Crippen LogP) is 4.62. The molecule has 1 amide bonds. The molecule has 1 heterocycles. The van der Waals surface area contributed by atoms with Crippen LogP contribution in [-0.4, -0.2) is 34.1 Å². The summed E-state index contributed by atoms with van der Waals surface area (Å²) in [4.78, 5) is 18.2. The summed E-state index contributed by atoms with van der Waals surface area (Å²) >= 11 is 0. The number of carbonyl (C=O) groups is 1. The molecule has 3 aromatic rings. The number of amides is 1. The molecule has 2 aromatic carbocycles. The summed E-state index contributed by atoms with van der Waals surface area (Å²) in [5.74, 6) is 1.00. The Bertz CT molecular complexity index is 995. The molecule has 0 spiro atoms. The van der Waals surface area contributed by atoms with E-state index in [4.69, 9.17) is 14.6 Å². The maximum atomic E-state index is 11.1. The smallest absolute Gasteiger partial charge is 0.267 e. The molecule has 162 valence electrons. The zero-order chi connectivity index (χ0) is 22.1. The van der Waals surface area contributed by atoms with Crippen molar-refractivity contribution in [3.63, 3.8) is 0 Å². The lowest BCUT2D eigenvalue weighted by molar-refractivity contribution is -0.124. The molecule has 0 aliphatic carbocycles. The molecular formula is C25H29N3O3. The third kappa shape index (κ3) is 6.64. The molecular weight excluding hydrogens is 390 g/mol. The minimum absolute atomic E-state index is 0.545. The molecule has 0 atom stereocenters. The fourth-order valence-electron chi connectivity index (χ4n) is 3.42. The number of nitrogens with zero attached hydrogens (tertiary/aromatic N) is 2. The maximum Gasteiger partial charge on any atom is 0.267 e. The highest BCUT2D eigenvalue weighted by atomic mass is 16.5. The van der Waals surface area contributed by atoms with E-state index in [1.807, 2.05) is 49.4 Å². The first-order chi connectivity index (χ1) is 15.1. The van der Waals surface area contributed by atoms with E-state index in [9.17, 15) is 4.79 Å². The van der Waals surface area contributed by atoms with Gasteiger partial charge in [0.2, 0.25) is 5.89 Å². The Balaban J connectivity index is 1.61. The first kappa shape index (κ1) is 22.5. The number of carbonyl (C=O) groups excluding carboxylic acids is 1. The Morgan fingerprint density at radius 1 is 1.13 bits per heavy atom. The number of aryl methyl sites for hydroxylation is 1. The zero-order valence-electron chi connectivity index (χ0n) is 18.0. The Kier molecular flexibility index (Phi) is 8.15. The van der Waals surface area contributed by atoms with Crippen LogP contribution in [0, 0.1) is 6.92 Å². The number of benzene rings is 2. The van der Waals surface area contributed by atoms with Crippen molar-refractivity contribution >= 4 is 12.0 Å². The summed E-state index contributed by atoms with van der Waals surface area (Å²) in [6.45, 7) is 6.90. The molecule has 0 aliphatic heterocycles. The van der Waals surface area contributed by atoms with Gasteiger partial charge in [-0.25, -0.2) is 10.5 Å². The van der Waals surface area contributed by atoms with Crippen LogP contribution in [0.4, 0.5) is 0 Å². The summed E-state index contributed by atoms with van der Waals surface area (Å²) < 4.78 is 5.89. The molecule has 0 aliphatic rings. The summed E-state index contributed by atoms with van der Waals surface area (Å²) in [5.41, 5.74) is 5.69. The van der Waals surface area contributed by atoms with E-state index in [1.54, 1.807) is 11.6 Å². The molecule has 31 heavy (non-hydrogen) atoms. The lowest BCUT2D eigenvalue weighted by Crippen LogP contribution is -2.26. The minimum Gasteiger partial charge on any atom is -0.441 e. The number of rotatable bonds is 10. The Morgan fingerprint density at radius 3 is 2.55 bits per heavy atom. The largest absolute Gasteiger partial charge is 0.441 e. The van der Waals surface area contributed by atoms with Crippen molar-refractivity contribution in [3.8, 4) is 11.5 Å². The van der Waals surface area contributed by atoms with Crippen molar-refractivity contribution in [2.75, 3.05) is 13.1 Å². The van der Waals surface area contributed by atoms with E-state index >= 15 is 0 Å². The number of aromatic nitrogens is 1. The number of oxazole rings is 1. The fraction of sp³-hybridized carbons (Fsp3) is 0.280. The second-order valence-electron chi connectivity index (χ2n) is 7.47. The van der Waals surface area contributed by atoms with Crippen molar-refractivity contribution in [2.24, 2.45) is 0 Å². The molecule has 0 bridgehead atoms. The molecule has 2 N–H and O–H groups in total. The highest BCUT2D eigenvalue weighted by Crippen LogP contribution is 2.22. The van der Waals surface area contributed by atoms with Crippen LogP contribution in [0.15, 0.2) is 65.1 Å². The monoisotopic (exact) mass is 419 g/mol. The van der Waals surface area contributed by atoms with Gasteiger partial charge in [-0.1, -0.05) is 49.4 Å². The van der Waals surface area contributed by atoms with Crippen LogP contribution in [0.25, 0.3) is 17.5 Å². The van der Waals surface area contributed by atoms with Gasteiger partial charge in [0.15, 0.2) is 0 Å². The third-order valence-electron chi connectivity index (χ3n) is 5.04. The number of hydrogen-bond acceptors (Lipinski definition) is 5. The summed E-state index contributed by atoms with van der Waals surface area (Å²) in [6.07, 6.45) is 4.86. The van der Waals surface area contributed by atoms with Crippen LogP contribution in [0.5, 0.6) is 0 Å². The van der Waals surface area contributed by atoms with E-state index in [2.05, 4.69) is 24.0 Å². The van der Waals surface area contributed by atoms with Crippen LogP contribution in [0.2, 0.25) is 0 Å². The van der Waals surface area contributed by atoms with E-state index in [0.717, 1.165) is 55.1 Å².